The number of benzene rings is 2. The van der Waals surface area contributed by atoms with Crippen LogP contribution in [0.15, 0.2) is 42.5 Å². The highest BCUT2D eigenvalue weighted by molar-refractivity contribution is 5.97. The number of rotatable bonds is 4. The lowest BCUT2D eigenvalue weighted by atomic mass is 10.1. The van der Waals surface area contributed by atoms with Crippen molar-refractivity contribution in [2.45, 2.75) is 13.0 Å². The first-order valence-corrected chi connectivity index (χ1v) is 6.51. The molecular formula is C16H17FN2O2. The van der Waals surface area contributed by atoms with E-state index in [0.29, 0.717) is 17.0 Å². The van der Waals surface area contributed by atoms with Crippen molar-refractivity contribution in [3.8, 4) is 5.75 Å². The first-order valence-electron chi connectivity index (χ1n) is 6.51. The first kappa shape index (κ1) is 14.8. The van der Waals surface area contributed by atoms with Crippen LogP contribution in [-0.4, -0.2) is 13.0 Å². The van der Waals surface area contributed by atoms with Gasteiger partial charge in [-0.2, -0.15) is 0 Å². The van der Waals surface area contributed by atoms with Crippen molar-refractivity contribution < 1.29 is 13.9 Å². The van der Waals surface area contributed by atoms with Crippen LogP contribution in [0, 0.1) is 5.82 Å². The minimum absolute atomic E-state index is 0.250. The summed E-state index contributed by atoms with van der Waals surface area (Å²) in [6.07, 6.45) is 0. The molecule has 2 aromatic rings. The predicted molar refractivity (Wildman–Crippen MR) is 79.7 cm³/mol. The van der Waals surface area contributed by atoms with Gasteiger partial charge in [0.1, 0.15) is 11.6 Å². The van der Waals surface area contributed by atoms with E-state index in [-0.39, 0.29) is 17.8 Å². The Labute approximate surface area is 122 Å². The zero-order valence-electron chi connectivity index (χ0n) is 11.9. The second-order valence-corrected chi connectivity index (χ2v) is 4.71. The molecule has 0 fully saturated rings. The summed E-state index contributed by atoms with van der Waals surface area (Å²) in [5, 5.41) is 2.84. The van der Waals surface area contributed by atoms with Crippen LogP contribution < -0.4 is 15.8 Å². The maximum absolute atomic E-state index is 12.9. The van der Waals surface area contributed by atoms with Crippen molar-refractivity contribution >= 4 is 11.6 Å². The highest BCUT2D eigenvalue weighted by Gasteiger charge is 2.15. The number of nitrogens with one attached hydrogen (secondary N) is 1. The fraction of sp³-hybridized carbons (Fsp3) is 0.188. The van der Waals surface area contributed by atoms with Gasteiger partial charge in [0.15, 0.2) is 0 Å². The minimum atomic E-state index is -0.308. The number of carbonyl (C=O) groups is 1. The van der Waals surface area contributed by atoms with E-state index in [1.54, 1.807) is 30.3 Å². The van der Waals surface area contributed by atoms with Crippen LogP contribution in [0.25, 0.3) is 0 Å². The molecule has 0 aliphatic carbocycles. The lowest BCUT2D eigenvalue weighted by molar-refractivity contribution is 0.0937. The SMILES string of the molecule is COc1cc(N)ccc1C(=O)NC(C)c1ccc(F)cc1. The molecule has 1 unspecified atom stereocenters. The van der Waals surface area contributed by atoms with Gasteiger partial charge < -0.3 is 15.8 Å². The van der Waals surface area contributed by atoms with Gasteiger partial charge in [-0.05, 0) is 36.8 Å². The molecule has 0 spiro atoms. The summed E-state index contributed by atoms with van der Waals surface area (Å²) in [5.41, 5.74) is 7.41. The van der Waals surface area contributed by atoms with Gasteiger partial charge in [0, 0.05) is 11.8 Å². The number of halogens is 1. The van der Waals surface area contributed by atoms with E-state index >= 15 is 0 Å². The zero-order chi connectivity index (χ0) is 15.4. The van der Waals surface area contributed by atoms with Crippen molar-refractivity contribution in [3.05, 3.63) is 59.4 Å². The summed E-state index contributed by atoms with van der Waals surface area (Å²) < 4.78 is 18.1. The van der Waals surface area contributed by atoms with Crippen LogP contribution in [-0.2, 0) is 0 Å². The largest absolute Gasteiger partial charge is 0.496 e. The fourth-order valence-corrected chi connectivity index (χ4v) is 2.00. The number of methoxy groups -OCH3 is 1. The Balaban J connectivity index is 2.16. The van der Waals surface area contributed by atoms with Crippen LogP contribution >= 0.6 is 0 Å². The smallest absolute Gasteiger partial charge is 0.255 e. The van der Waals surface area contributed by atoms with Gasteiger partial charge in [-0.15, -0.1) is 0 Å². The standard InChI is InChI=1S/C16H17FN2O2/c1-10(11-3-5-12(17)6-4-11)19-16(20)14-8-7-13(18)9-15(14)21-2/h3-10H,18H2,1-2H3,(H,19,20). The van der Waals surface area contributed by atoms with E-state index in [0.717, 1.165) is 5.56 Å². The Morgan fingerprint density at radius 3 is 2.52 bits per heavy atom. The molecule has 1 amide bonds. The molecule has 3 N–H and O–H groups in total. The average molecular weight is 288 g/mol. The number of nitrogen functional groups attached to an aromatic ring is 1. The summed E-state index contributed by atoms with van der Waals surface area (Å²) in [4.78, 5) is 12.3. The Morgan fingerprint density at radius 1 is 1.24 bits per heavy atom. The molecule has 0 radical (unpaired) electrons. The van der Waals surface area contributed by atoms with Crippen molar-refractivity contribution in [2.75, 3.05) is 12.8 Å². The zero-order valence-corrected chi connectivity index (χ0v) is 11.9. The number of hydrogen-bond donors (Lipinski definition) is 2. The molecule has 2 aromatic carbocycles. The summed E-state index contributed by atoms with van der Waals surface area (Å²) in [7, 11) is 1.48. The van der Waals surface area contributed by atoms with Crippen molar-refractivity contribution in [3.63, 3.8) is 0 Å². The number of anilines is 1. The van der Waals surface area contributed by atoms with E-state index < -0.39 is 0 Å². The number of amides is 1. The van der Waals surface area contributed by atoms with Crippen molar-refractivity contribution in [2.24, 2.45) is 0 Å². The predicted octanol–water partition coefficient (Wildman–Crippen LogP) is 2.91. The van der Waals surface area contributed by atoms with E-state index in [4.69, 9.17) is 10.5 Å². The third-order valence-corrected chi connectivity index (χ3v) is 3.19. The van der Waals surface area contributed by atoms with Crippen LogP contribution in [0.2, 0.25) is 0 Å². The summed E-state index contributed by atoms with van der Waals surface area (Å²) in [6.45, 7) is 1.83. The quantitative estimate of drug-likeness (QED) is 0.850. The summed E-state index contributed by atoms with van der Waals surface area (Å²) >= 11 is 0. The van der Waals surface area contributed by atoms with Crippen LogP contribution in [0.1, 0.15) is 28.9 Å². The monoisotopic (exact) mass is 288 g/mol. The summed E-state index contributed by atoms with van der Waals surface area (Å²) in [5.74, 6) is -0.167. The Morgan fingerprint density at radius 2 is 1.90 bits per heavy atom. The van der Waals surface area contributed by atoms with Gasteiger partial charge in [0.2, 0.25) is 0 Å². The topological polar surface area (TPSA) is 64.3 Å². The lowest BCUT2D eigenvalue weighted by Gasteiger charge is -2.16. The van der Waals surface area contributed by atoms with Crippen molar-refractivity contribution in [1.82, 2.24) is 5.32 Å². The number of ether oxygens (including phenoxy) is 1. The maximum Gasteiger partial charge on any atom is 0.255 e. The summed E-state index contributed by atoms with van der Waals surface area (Å²) in [6, 6.07) is 10.6. The molecule has 110 valence electrons. The molecule has 0 heterocycles. The third kappa shape index (κ3) is 3.51. The fourth-order valence-electron chi connectivity index (χ4n) is 2.00. The van der Waals surface area contributed by atoms with Gasteiger partial charge >= 0.3 is 0 Å². The van der Waals surface area contributed by atoms with Gasteiger partial charge in [-0.25, -0.2) is 4.39 Å². The van der Waals surface area contributed by atoms with Crippen LogP contribution in [0.4, 0.5) is 10.1 Å². The van der Waals surface area contributed by atoms with E-state index in [2.05, 4.69) is 5.32 Å². The van der Waals surface area contributed by atoms with E-state index in [1.807, 2.05) is 6.92 Å². The van der Waals surface area contributed by atoms with Crippen LogP contribution in [0.5, 0.6) is 5.75 Å². The van der Waals surface area contributed by atoms with E-state index in [9.17, 15) is 9.18 Å². The maximum atomic E-state index is 12.9. The number of hydrogen-bond acceptors (Lipinski definition) is 3. The molecule has 0 bridgehead atoms. The lowest BCUT2D eigenvalue weighted by Crippen LogP contribution is -2.27. The molecule has 5 heteroatoms. The van der Waals surface area contributed by atoms with Crippen LogP contribution in [0.3, 0.4) is 0 Å². The highest BCUT2D eigenvalue weighted by atomic mass is 19.1. The molecular weight excluding hydrogens is 271 g/mol. The molecule has 0 saturated carbocycles. The van der Waals surface area contributed by atoms with Crippen molar-refractivity contribution in [1.29, 1.82) is 0 Å². The molecule has 0 aliphatic rings. The normalized spacial score (nSPS) is 11.8. The molecule has 2 rings (SSSR count). The highest BCUT2D eigenvalue weighted by Crippen LogP contribution is 2.22. The molecule has 4 nitrogen and oxygen atoms in total. The second-order valence-electron chi connectivity index (χ2n) is 4.71. The minimum Gasteiger partial charge on any atom is -0.496 e. The van der Waals surface area contributed by atoms with Gasteiger partial charge in [-0.3, -0.25) is 4.79 Å². The number of carbonyl (C=O) groups excluding carboxylic acids is 1. The number of nitrogens with two attached hydrogens (primary N) is 1. The first-order chi connectivity index (χ1) is 10.0. The molecule has 0 aromatic heterocycles. The van der Waals surface area contributed by atoms with Gasteiger partial charge in [0.25, 0.3) is 5.91 Å². The van der Waals surface area contributed by atoms with Gasteiger partial charge in [-0.1, -0.05) is 12.1 Å². The van der Waals surface area contributed by atoms with E-state index in [1.165, 1.54) is 19.2 Å². The van der Waals surface area contributed by atoms with Gasteiger partial charge in [0.05, 0.1) is 18.7 Å². The molecule has 0 saturated heterocycles. The second kappa shape index (κ2) is 6.26. The Kier molecular flexibility index (Phi) is 4.42. The molecule has 21 heavy (non-hydrogen) atoms. The molecule has 1 atom stereocenters. The average Bonchev–Trinajstić information content (AvgIpc) is 2.47. The Bertz CT molecular complexity index is 641. The molecule has 0 aliphatic heterocycles. The third-order valence-electron chi connectivity index (χ3n) is 3.19. The Hall–Kier alpha value is -2.56.